The van der Waals surface area contributed by atoms with Crippen molar-refractivity contribution in [1.29, 1.82) is 0 Å². The predicted octanol–water partition coefficient (Wildman–Crippen LogP) is 3.63. The van der Waals surface area contributed by atoms with Crippen LogP contribution in [-0.4, -0.2) is 11.1 Å². The zero-order valence-corrected chi connectivity index (χ0v) is 10.8. The van der Waals surface area contributed by atoms with Gasteiger partial charge in [-0.05, 0) is 35.6 Å². The molecule has 88 valence electrons. The maximum atomic E-state index is 13.5. The van der Waals surface area contributed by atoms with Crippen molar-refractivity contribution in [2.75, 3.05) is 0 Å². The third kappa shape index (κ3) is 3.93. The lowest BCUT2D eigenvalue weighted by atomic mass is 9.82. The summed E-state index contributed by atoms with van der Waals surface area (Å²) >= 11 is 3.27. The number of benzene rings is 1. The second kappa shape index (κ2) is 4.95. The van der Waals surface area contributed by atoms with Gasteiger partial charge in [0.2, 0.25) is 0 Å². The summed E-state index contributed by atoms with van der Waals surface area (Å²) in [6.07, 6.45) is 0.434. The van der Waals surface area contributed by atoms with Gasteiger partial charge in [0.1, 0.15) is 5.82 Å². The van der Waals surface area contributed by atoms with Crippen LogP contribution in [0.5, 0.6) is 0 Å². The molecule has 0 aromatic heterocycles. The smallest absolute Gasteiger partial charge is 0.303 e. The Morgan fingerprint density at radius 3 is 2.69 bits per heavy atom. The highest BCUT2D eigenvalue weighted by atomic mass is 79.9. The van der Waals surface area contributed by atoms with Crippen molar-refractivity contribution < 1.29 is 14.3 Å². The highest BCUT2D eigenvalue weighted by molar-refractivity contribution is 9.10. The van der Waals surface area contributed by atoms with Gasteiger partial charge in [-0.3, -0.25) is 4.79 Å². The number of rotatable bonds is 4. The Labute approximate surface area is 103 Å². The minimum atomic E-state index is -0.861. The van der Waals surface area contributed by atoms with Gasteiger partial charge in [0.25, 0.3) is 0 Å². The van der Waals surface area contributed by atoms with E-state index in [2.05, 4.69) is 15.9 Å². The molecule has 4 heteroatoms. The predicted molar refractivity (Wildman–Crippen MR) is 63.8 cm³/mol. The largest absolute Gasteiger partial charge is 0.481 e. The zero-order chi connectivity index (χ0) is 12.3. The van der Waals surface area contributed by atoms with Crippen molar-refractivity contribution in [3.63, 3.8) is 0 Å². The van der Waals surface area contributed by atoms with Gasteiger partial charge < -0.3 is 5.11 Å². The molecule has 0 bridgehead atoms. The summed E-state index contributed by atoms with van der Waals surface area (Å²) < 4.78 is 14.3. The van der Waals surface area contributed by atoms with Crippen molar-refractivity contribution >= 4 is 21.9 Å². The van der Waals surface area contributed by atoms with Gasteiger partial charge in [0.15, 0.2) is 0 Å². The van der Waals surface area contributed by atoms with Crippen LogP contribution in [0.1, 0.15) is 25.8 Å². The quantitative estimate of drug-likeness (QED) is 0.919. The molecule has 0 aliphatic carbocycles. The number of carboxylic acid groups (broad SMARTS) is 1. The standard InChI is InChI=1S/C12H14BrFO2/c1-12(2,7-11(15)16)6-8-5-9(13)3-4-10(8)14/h3-5H,6-7H2,1-2H3,(H,15,16). The summed E-state index contributed by atoms with van der Waals surface area (Å²) in [5, 5.41) is 8.75. The number of carboxylic acids is 1. The fraction of sp³-hybridized carbons (Fsp3) is 0.417. The van der Waals surface area contributed by atoms with Gasteiger partial charge >= 0.3 is 5.97 Å². The van der Waals surface area contributed by atoms with E-state index in [0.29, 0.717) is 12.0 Å². The first-order chi connectivity index (χ1) is 7.30. The summed E-state index contributed by atoms with van der Waals surface area (Å²) in [5.74, 6) is -1.15. The number of aliphatic carboxylic acids is 1. The van der Waals surface area contributed by atoms with Gasteiger partial charge in [0, 0.05) is 4.47 Å². The molecule has 1 aromatic rings. The van der Waals surface area contributed by atoms with Crippen LogP contribution in [0.4, 0.5) is 4.39 Å². The Kier molecular flexibility index (Phi) is 4.08. The average molecular weight is 289 g/mol. The molecule has 1 rings (SSSR count). The molecule has 0 fully saturated rings. The van der Waals surface area contributed by atoms with E-state index in [0.717, 1.165) is 4.47 Å². The Morgan fingerprint density at radius 2 is 2.12 bits per heavy atom. The van der Waals surface area contributed by atoms with Crippen LogP contribution in [0, 0.1) is 11.2 Å². The Bertz CT molecular complexity index is 402. The molecule has 0 saturated carbocycles. The summed E-state index contributed by atoms with van der Waals surface area (Å²) in [6.45, 7) is 3.64. The number of hydrogen-bond acceptors (Lipinski definition) is 1. The Hall–Kier alpha value is -0.900. The topological polar surface area (TPSA) is 37.3 Å². The normalized spacial score (nSPS) is 11.5. The molecule has 1 aromatic carbocycles. The summed E-state index contributed by atoms with van der Waals surface area (Å²) in [6, 6.07) is 4.71. The molecular formula is C12H14BrFO2. The summed E-state index contributed by atoms with van der Waals surface area (Å²) in [4.78, 5) is 10.7. The first-order valence-electron chi connectivity index (χ1n) is 4.96. The van der Waals surface area contributed by atoms with Crippen LogP contribution in [0.15, 0.2) is 22.7 Å². The maximum absolute atomic E-state index is 13.5. The van der Waals surface area contributed by atoms with E-state index >= 15 is 0 Å². The van der Waals surface area contributed by atoms with Crippen LogP contribution >= 0.6 is 15.9 Å². The SMILES string of the molecule is CC(C)(CC(=O)O)Cc1cc(Br)ccc1F. The second-order valence-corrected chi connectivity index (χ2v) is 5.56. The minimum Gasteiger partial charge on any atom is -0.481 e. The van der Waals surface area contributed by atoms with E-state index < -0.39 is 11.4 Å². The third-order valence-electron chi connectivity index (χ3n) is 2.31. The molecular weight excluding hydrogens is 275 g/mol. The lowest BCUT2D eigenvalue weighted by molar-refractivity contribution is -0.139. The molecule has 0 radical (unpaired) electrons. The van der Waals surface area contributed by atoms with Crippen LogP contribution < -0.4 is 0 Å². The van der Waals surface area contributed by atoms with Crippen LogP contribution in [0.2, 0.25) is 0 Å². The first-order valence-corrected chi connectivity index (χ1v) is 5.75. The lowest BCUT2D eigenvalue weighted by Crippen LogP contribution is -2.20. The molecule has 1 N–H and O–H groups in total. The lowest BCUT2D eigenvalue weighted by Gasteiger charge is -2.22. The van der Waals surface area contributed by atoms with E-state index in [1.165, 1.54) is 6.07 Å². The second-order valence-electron chi connectivity index (χ2n) is 4.65. The van der Waals surface area contributed by atoms with E-state index in [4.69, 9.17) is 5.11 Å². The summed E-state index contributed by atoms with van der Waals surface area (Å²) in [7, 11) is 0. The average Bonchev–Trinajstić information content (AvgIpc) is 2.08. The molecule has 0 saturated heterocycles. The fourth-order valence-corrected chi connectivity index (χ4v) is 2.07. The molecule has 0 atom stereocenters. The van der Waals surface area contributed by atoms with Crippen LogP contribution in [0.3, 0.4) is 0 Å². The Morgan fingerprint density at radius 1 is 1.50 bits per heavy atom. The maximum Gasteiger partial charge on any atom is 0.303 e. The molecule has 0 spiro atoms. The van der Waals surface area contributed by atoms with Crippen LogP contribution in [-0.2, 0) is 11.2 Å². The summed E-state index contributed by atoms with van der Waals surface area (Å²) in [5.41, 5.74) is 0.0913. The van der Waals surface area contributed by atoms with Crippen molar-refractivity contribution in [3.8, 4) is 0 Å². The molecule has 0 unspecified atom stereocenters. The number of carbonyl (C=O) groups is 1. The Balaban J connectivity index is 2.86. The van der Waals surface area contributed by atoms with Gasteiger partial charge in [-0.1, -0.05) is 29.8 Å². The molecule has 0 amide bonds. The van der Waals surface area contributed by atoms with Crippen molar-refractivity contribution in [3.05, 3.63) is 34.1 Å². The highest BCUT2D eigenvalue weighted by Crippen LogP contribution is 2.28. The molecule has 0 heterocycles. The van der Waals surface area contributed by atoms with Gasteiger partial charge in [-0.2, -0.15) is 0 Å². The van der Waals surface area contributed by atoms with Gasteiger partial charge in [-0.25, -0.2) is 4.39 Å². The van der Waals surface area contributed by atoms with Crippen molar-refractivity contribution in [2.45, 2.75) is 26.7 Å². The molecule has 0 aliphatic rings. The van der Waals surface area contributed by atoms with E-state index in [1.807, 2.05) is 13.8 Å². The van der Waals surface area contributed by atoms with Gasteiger partial charge in [0.05, 0.1) is 6.42 Å². The number of halogens is 2. The van der Waals surface area contributed by atoms with Crippen molar-refractivity contribution in [1.82, 2.24) is 0 Å². The zero-order valence-electron chi connectivity index (χ0n) is 9.26. The third-order valence-corrected chi connectivity index (χ3v) is 2.80. The van der Waals surface area contributed by atoms with Crippen molar-refractivity contribution in [2.24, 2.45) is 5.41 Å². The minimum absolute atomic E-state index is 0.0267. The first kappa shape index (κ1) is 13.2. The molecule has 2 nitrogen and oxygen atoms in total. The molecule has 16 heavy (non-hydrogen) atoms. The monoisotopic (exact) mass is 288 g/mol. The van der Waals surface area contributed by atoms with Gasteiger partial charge in [-0.15, -0.1) is 0 Å². The molecule has 0 aliphatic heterocycles. The highest BCUT2D eigenvalue weighted by Gasteiger charge is 2.23. The van der Waals surface area contributed by atoms with Crippen LogP contribution in [0.25, 0.3) is 0 Å². The van der Waals surface area contributed by atoms with E-state index in [9.17, 15) is 9.18 Å². The van der Waals surface area contributed by atoms with E-state index in [-0.39, 0.29) is 12.2 Å². The van der Waals surface area contributed by atoms with E-state index in [1.54, 1.807) is 12.1 Å². The fourth-order valence-electron chi connectivity index (χ4n) is 1.67. The number of hydrogen-bond donors (Lipinski definition) is 1.